The Morgan fingerprint density at radius 3 is 2.61 bits per heavy atom. The van der Waals surface area contributed by atoms with Crippen LogP contribution in [0.3, 0.4) is 0 Å². The number of amides is 2. The van der Waals surface area contributed by atoms with Crippen molar-refractivity contribution in [1.29, 1.82) is 0 Å². The van der Waals surface area contributed by atoms with Crippen LogP contribution in [-0.2, 0) is 9.59 Å². The molecule has 2 heterocycles. The number of carboxylic acids is 1. The van der Waals surface area contributed by atoms with Crippen molar-refractivity contribution < 1.29 is 19.5 Å². The molecule has 1 saturated heterocycles. The van der Waals surface area contributed by atoms with Crippen LogP contribution >= 0.6 is 0 Å². The molecule has 94 valence electrons. The summed E-state index contributed by atoms with van der Waals surface area (Å²) in [6.45, 7) is 3.31. The van der Waals surface area contributed by atoms with E-state index in [1.165, 1.54) is 18.3 Å². The van der Waals surface area contributed by atoms with E-state index < -0.39 is 23.2 Å². The van der Waals surface area contributed by atoms with Crippen LogP contribution in [0.15, 0.2) is 18.3 Å². The van der Waals surface area contributed by atoms with Crippen LogP contribution in [0.1, 0.15) is 30.8 Å². The molecule has 0 aromatic carbocycles. The van der Waals surface area contributed by atoms with Gasteiger partial charge in [0.25, 0.3) is 0 Å². The number of nitrogens with zero attached hydrogens (tertiary/aromatic N) is 2. The molecule has 1 fully saturated rings. The fourth-order valence-electron chi connectivity index (χ4n) is 1.93. The molecule has 1 aliphatic rings. The van der Waals surface area contributed by atoms with Gasteiger partial charge in [-0.05, 0) is 12.1 Å². The summed E-state index contributed by atoms with van der Waals surface area (Å²) in [5.74, 6) is -2.07. The molecule has 0 unspecified atom stereocenters. The molecule has 2 rings (SSSR count). The maximum absolute atomic E-state index is 12.1. The molecule has 2 amide bonds. The molecule has 1 aromatic rings. The van der Waals surface area contributed by atoms with Gasteiger partial charge >= 0.3 is 5.97 Å². The highest BCUT2D eigenvalue weighted by molar-refractivity contribution is 6.23. The lowest BCUT2D eigenvalue weighted by Crippen LogP contribution is -2.34. The van der Waals surface area contributed by atoms with Crippen molar-refractivity contribution in [3.05, 3.63) is 24.0 Å². The van der Waals surface area contributed by atoms with Crippen molar-refractivity contribution in [3.63, 3.8) is 0 Å². The lowest BCUT2D eigenvalue weighted by Gasteiger charge is -2.18. The highest BCUT2D eigenvalue weighted by atomic mass is 16.4. The number of hydrogen-bond donors (Lipinski definition) is 1. The summed E-state index contributed by atoms with van der Waals surface area (Å²) >= 11 is 0. The second-order valence-corrected chi connectivity index (χ2v) is 4.77. The van der Waals surface area contributed by atoms with E-state index in [0.29, 0.717) is 0 Å². The molecule has 6 nitrogen and oxygen atoms in total. The van der Waals surface area contributed by atoms with E-state index in [0.717, 1.165) is 4.90 Å². The molecule has 6 heteroatoms. The smallest absolute Gasteiger partial charge is 0.356 e. The third-order valence-electron chi connectivity index (χ3n) is 2.85. The fourth-order valence-corrected chi connectivity index (χ4v) is 1.93. The molecule has 18 heavy (non-hydrogen) atoms. The first kappa shape index (κ1) is 12.2. The van der Waals surface area contributed by atoms with Gasteiger partial charge in [0, 0.05) is 12.6 Å². The van der Waals surface area contributed by atoms with Gasteiger partial charge in [-0.2, -0.15) is 0 Å². The Labute approximate surface area is 103 Å². The minimum Gasteiger partial charge on any atom is -0.476 e. The first-order valence-corrected chi connectivity index (χ1v) is 5.40. The quantitative estimate of drug-likeness (QED) is 0.791. The maximum Gasteiger partial charge on any atom is 0.356 e. The zero-order valence-corrected chi connectivity index (χ0v) is 10.0. The Balaban J connectivity index is 2.54. The molecular weight excluding hydrogens is 236 g/mol. The Kier molecular flexibility index (Phi) is 2.65. The molecule has 0 aliphatic carbocycles. The first-order valence-electron chi connectivity index (χ1n) is 5.40. The Morgan fingerprint density at radius 2 is 2.11 bits per heavy atom. The summed E-state index contributed by atoms with van der Waals surface area (Å²) < 4.78 is 0. The molecular formula is C12H12N2O4. The minimum absolute atomic E-state index is 0.0329. The monoisotopic (exact) mass is 248 g/mol. The molecule has 0 spiro atoms. The third-order valence-corrected chi connectivity index (χ3v) is 2.85. The van der Waals surface area contributed by atoms with E-state index in [1.807, 2.05) is 0 Å². The van der Waals surface area contributed by atoms with Crippen molar-refractivity contribution >= 4 is 23.5 Å². The molecule has 1 N–H and O–H groups in total. The summed E-state index contributed by atoms with van der Waals surface area (Å²) in [7, 11) is 0. The average molecular weight is 248 g/mol. The van der Waals surface area contributed by atoms with E-state index in [4.69, 9.17) is 5.11 Å². The highest BCUT2D eigenvalue weighted by Crippen LogP contribution is 2.35. The summed E-state index contributed by atoms with van der Waals surface area (Å²) in [5.41, 5.74) is -1.06. The van der Waals surface area contributed by atoms with Crippen LogP contribution < -0.4 is 4.90 Å². The Hall–Kier alpha value is -2.24. The molecule has 0 atom stereocenters. The molecule has 1 aromatic heterocycles. The van der Waals surface area contributed by atoms with E-state index in [9.17, 15) is 14.4 Å². The SMILES string of the molecule is CC1(C)CC(=O)N(c2cccnc2C(=O)O)C1=O. The molecule has 0 bridgehead atoms. The zero-order valence-electron chi connectivity index (χ0n) is 10.0. The van der Waals surface area contributed by atoms with E-state index >= 15 is 0 Å². The summed E-state index contributed by atoms with van der Waals surface area (Å²) in [6.07, 6.45) is 1.38. The second-order valence-electron chi connectivity index (χ2n) is 4.77. The summed E-state index contributed by atoms with van der Waals surface area (Å²) in [6, 6.07) is 2.90. The second kappa shape index (κ2) is 3.90. The number of aromatic carboxylic acids is 1. The van der Waals surface area contributed by atoms with Gasteiger partial charge in [0.1, 0.15) is 0 Å². The van der Waals surface area contributed by atoms with Crippen molar-refractivity contribution in [3.8, 4) is 0 Å². The van der Waals surface area contributed by atoms with E-state index in [2.05, 4.69) is 4.98 Å². The van der Waals surface area contributed by atoms with Crippen LogP contribution in [0.4, 0.5) is 5.69 Å². The lowest BCUT2D eigenvalue weighted by atomic mass is 9.92. The number of carboxylic acid groups (broad SMARTS) is 1. The van der Waals surface area contributed by atoms with E-state index in [1.54, 1.807) is 13.8 Å². The van der Waals surface area contributed by atoms with Crippen LogP contribution in [0, 0.1) is 5.41 Å². The number of pyridine rings is 1. The predicted octanol–water partition coefficient (Wildman–Crippen LogP) is 1.07. The number of rotatable bonds is 2. The van der Waals surface area contributed by atoms with Gasteiger partial charge < -0.3 is 5.11 Å². The van der Waals surface area contributed by atoms with Gasteiger partial charge in [0.15, 0.2) is 5.69 Å². The number of aromatic nitrogens is 1. The molecule has 1 aliphatic heterocycles. The van der Waals surface area contributed by atoms with Gasteiger partial charge in [-0.15, -0.1) is 0 Å². The number of hydrogen-bond acceptors (Lipinski definition) is 4. The minimum atomic E-state index is -1.27. The maximum atomic E-state index is 12.1. The Bertz CT molecular complexity index is 551. The third kappa shape index (κ3) is 1.75. The highest BCUT2D eigenvalue weighted by Gasteiger charge is 2.46. The van der Waals surface area contributed by atoms with Crippen molar-refractivity contribution in [2.24, 2.45) is 5.41 Å². The van der Waals surface area contributed by atoms with Crippen molar-refractivity contribution in [2.75, 3.05) is 4.90 Å². The van der Waals surface area contributed by atoms with Crippen LogP contribution in [-0.4, -0.2) is 27.9 Å². The standard InChI is InChI=1S/C12H12N2O4/c1-12(2)6-8(15)14(11(12)18)7-4-3-5-13-9(7)10(16)17/h3-5H,6H2,1-2H3,(H,16,17). The Morgan fingerprint density at radius 1 is 1.44 bits per heavy atom. The van der Waals surface area contributed by atoms with Gasteiger partial charge in [-0.1, -0.05) is 13.8 Å². The first-order chi connectivity index (χ1) is 8.34. The van der Waals surface area contributed by atoms with Crippen molar-refractivity contribution in [2.45, 2.75) is 20.3 Å². The number of carbonyl (C=O) groups is 3. The van der Waals surface area contributed by atoms with Gasteiger partial charge in [-0.3, -0.25) is 9.59 Å². The topological polar surface area (TPSA) is 87.6 Å². The number of anilines is 1. The largest absolute Gasteiger partial charge is 0.476 e. The zero-order chi connectivity index (χ0) is 13.5. The van der Waals surface area contributed by atoms with Crippen LogP contribution in [0.25, 0.3) is 0 Å². The summed E-state index contributed by atoms with van der Waals surface area (Å²) in [4.78, 5) is 39.6. The predicted molar refractivity (Wildman–Crippen MR) is 62.1 cm³/mol. The fraction of sp³-hybridized carbons (Fsp3) is 0.333. The van der Waals surface area contributed by atoms with E-state index in [-0.39, 0.29) is 17.8 Å². The molecule has 0 saturated carbocycles. The number of imide groups is 1. The van der Waals surface area contributed by atoms with Crippen LogP contribution in [0.5, 0.6) is 0 Å². The normalized spacial score (nSPS) is 18.2. The van der Waals surface area contributed by atoms with Crippen molar-refractivity contribution in [1.82, 2.24) is 4.98 Å². The summed E-state index contributed by atoms with van der Waals surface area (Å²) in [5, 5.41) is 9.02. The molecule has 0 radical (unpaired) electrons. The van der Waals surface area contributed by atoms with Gasteiger partial charge in [-0.25, -0.2) is 14.7 Å². The lowest BCUT2D eigenvalue weighted by molar-refractivity contribution is -0.124. The van der Waals surface area contributed by atoms with Gasteiger partial charge in [0.2, 0.25) is 11.8 Å². The van der Waals surface area contributed by atoms with Crippen LogP contribution in [0.2, 0.25) is 0 Å². The number of carbonyl (C=O) groups excluding carboxylic acids is 2. The average Bonchev–Trinajstić information content (AvgIpc) is 2.48. The van der Waals surface area contributed by atoms with Gasteiger partial charge in [0.05, 0.1) is 11.1 Å².